The second kappa shape index (κ2) is 6.37. The third kappa shape index (κ3) is 2.91. The fraction of sp³-hybridized carbons (Fsp3) is 0.118. The predicted octanol–water partition coefficient (Wildman–Crippen LogP) is 1.74. The van der Waals surface area contributed by atoms with Crippen molar-refractivity contribution >= 4 is 24.0 Å². The topological polar surface area (TPSA) is 103 Å². The fourth-order valence-corrected chi connectivity index (χ4v) is 2.70. The minimum absolute atomic E-state index is 0.379. The Morgan fingerprint density at radius 2 is 2.12 bits per heavy atom. The maximum atomic E-state index is 6.27. The van der Waals surface area contributed by atoms with E-state index in [2.05, 4.69) is 31.8 Å². The van der Waals surface area contributed by atoms with Crippen molar-refractivity contribution in [3.8, 4) is 11.3 Å². The van der Waals surface area contributed by atoms with Gasteiger partial charge in [0.1, 0.15) is 5.65 Å². The van der Waals surface area contributed by atoms with Gasteiger partial charge in [-0.1, -0.05) is 6.07 Å². The lowest BCUT2D eigenvalue weighted by Crippen LogP contribution is -2.31. The molecular formula is C17H17N9. The van der Waals surface area contributed by atoms with Gasteiger partial charge in [0.15, 0.2) is 11.6 Å². The van der Waals surface area contributed by atoms with Gasteiger partial charge in [-0.15, -0.1) is 0 Å². The van der Waals surface area contributed by atoms with Crippen molar-refractivity contribution in [2.24, 2.45) is 17.9 Å². The standard InChI is InChI=1S/C17H17N9/c1-19-16-17(23-14(8-21-16)13-7-22-24(2)11-13)26(18)10-12-3-4-15-20-5-6-25(15)9-12/h3-9,11H,1,10,18H2,2H3. The molecule has 0 aliphatic carbocycles. The van der Waals surface area contributed by atoms with Gasteiger partial charge in [-0.05, 0) is 18.3 Å². The molecule has 4 aromatic rings. The molecule has 0 fully saturated rings. The van der Waals surface area contributed by atoms with E-state index in [1.54, 1.807) is 23.3 Å². The van der Waals surface area contributed by atoms with Gasteiger partial charge in [0.2, 0.25) is 0 Å². The Morgan fingerprint density at radius 3 is 2.88 bits per heavy atom. The Labute approximate surface area is 149 Å². The summed E-state index contributed by atoms with van der Waals surface area (Å²) in [5.74, 6) is 7.10. The molecule has 9 nitrogen and oxygen atoms in total. The molecule has 0 aliphatic heterocycles. The summed E-state index contributed by atoms with van der Waals surface area (Å²) in [6, 6.07) is 3.91. The Bertz CT molecular complexity index is 1080. The molecule has 0 amide bonds. The zero-order valence-electron chi connectivity index (χ0n) is 14.2. The molecule has 0 aromatic carbocycles. The molecule has 0 unspecified atom stereocenters. The Balaban J connectivity index is 1.66. The molecule has 0 atom stereocenters. The van der Waals surface area contributed by atoms with E-state index < -0.39 is 0 Å². The number of anilines is 1. The number of aliphatic imine (C=N–C) groups is 1. The van der Waals surface area contributed by atoms with Gasteiger partial charge in [0.05, 0.1) is 24.6 Å². The average molecular weight is 347 g/mol. The molecule has 26 heavy (non-hydrogen) atoms. The third-order valence-electron chi connectivity index (χ3n) is 3.96. The molecule has 0 saturated carbocycles. The highest BCUT2D eigenvalue weighted by Gasteiger charge is 2.14. The van der Waals surface area contributed by atoms with Crippen molar-refractivity contribution in [3.05, 3.63) is 54.9 Å². The number of hydrogen-bond donors (Lipinski definition) is 1. The molecule has 2 N–H and O–H groups in total. The van der Waals surface area contributed by atoms with Crippen LogP contribution in [0, 0.1) is 0 Å². The minimum Gasteiger partial charge on any atom is -0.307 e. The monoisotopic (exact) mass is 347 g/mol. The van der Waals surface area contributed by atoms with Gasteiger partial charge in [-0.2, -0.15) is 5.10 Å². The van der Waals surface area contributed by atoms with Gasteiger partial charge in [-0.3, -0.25) is 9.69 Å². The van der Waals surface area contributed by atoms with E-state index in [0.717, 1.165) is 16.8 Å². The summed E-state index contributed by atoms with van der Waals surface area (Å²) >= 11 is 0. The minimum atomic E-state index is 0.379. The van der Waals surface area contributed by atoms with Crippen molar-refractivity contribution in [2.45, 2.75) is 6.54 Å². The van der Waals surface area contributed by atoms with Gasteiger partial charge < -0.3 is 4.40 Å². The molecule has 130 valence electrons. The SMILES string of the molecule is C=Nc1ncc(-c2cnn(C)c2)nc1N(N)Cc1ccc2nccn2c1. The van der Waals surface area contributed by atoms with E-state index in [1.165, 1.54) is 5.01 Å². The largest absolute Gasteiger partial charge is 0.307 e. The molecule has 9 heteroatoms. The third-order valence-corrected chi connectivity index (χ3v) is 3.96. The van der Waals surface area contributed by atoms with Gasteiger partial charge in [-0.25, -0.2) is 25.8 Å². The molecule has 4 heterocycles. The first-order valence-electron chi connectivity index (χ1n) is 7.90. The first kappa shape index (κ1) is 15.9. The number of aryl methyl sites for hydroxylation is 1. The molecule has 0 spiro atoms. The number of nitrogens with zero attached hydrogens (tertiary/aromatic N) is 8. The normalized spacial score (nSPS) is 11.0. The Morgan fingerprint density at radius 1 is 1.23 bits per heavy atom. The zero-order valence-corrected chi connectivity index (χ0v) is 14.2. The number of pyridine rings is 1. The predicted molar refractivity (Wildman–Crippen MR) is 99.0 cm³/mol. The van der Waals surface area contributed by atoms with Crippen LogP contribution in [0.2, 0.25) is 0 Å². The van der Waals surface area contributed by atoms with Crippen molar-refractivity contribution < 1.29 is 0 Å². The van der Waals surface area contributed by atoms with E-state index in [-0.39, 0.29) is 0 Å². The summed E-state index contributed by atoms with van der Waals surface area (Å²) in [5, 5.41) is 5.67. The van der Waals surface area contributed by atoms with E-state index in [4.69, 9.17) is 5.84 Å². The number of hydrogen-bond acceptors (Lipinski definition) is 7. The summed E-state index contributed by atoms with van der Waals surface area (Å²) in [7, 11) is 1.85. The number of hydrazine groups is 1. The van der Waals surface area contributed by atoms with E-state index >= 15 is 0 Å². The molecule has 0 radical (unpaired) electrons. The summed E-state index contributed by atoms with van der Waals surface area (Å²) in [6.45, 7) is 3.99. The lowest BCUT2D eigenvalue weighted by molar-refractivity contribution is 0.768. The van der Waals surface area contributed by atoms with E-state index in [0.29, 0.717) is 23.9 Å². The summed E-state index contributed by atoms with van der Waals surface area (Å²) < 4.78 is 3.64. The Kier molecular flexibility index (Phi) is 3.90. The molecule has 4 rings (SSSR count). The Hall–Kier alpha value is -3.59. The second-order valence-corrected chi connectivity index (χ2v) is 5.82. The maximum absolute atomic E-state index is 6.27. The number of imidazole rings is 1. The van der Waals surface area contributed by atoms with Crippen LogP contribution in [0.4, 0.5) is 11.6 Å². The lowest BCUT2D eigenvalue weighted by atomic mass is 10.2. The summed E-state index contributed by atoms with van der Waals surface area (Å²) in [5.41, 5.74) is 3.40. The average Bonchev–Trinajstić information content (AvgIpc) is 3.29. The van der Waals surface area contributed by atoms with Crippen molar-refractivity contribution in [2.75, 3.05) is 5.01 Å². The number of nitrogens with two attached hydrogens (primary N) is 1. The first-order valence-corrected chi connectivity index (χ1v) is 7.90. The van der Waals surface area contributed by atoms with Gasteiger partial charge in [0.25, 0.3) is 0 Å². The first-order chi connectivity index (χ1) is 12.6. The van der Waals surface area contributed by atoms with Gasteiger partial charge in [0, 0.05) is 37.4 Å². The number of fused-ring (bicyclic) bond motifs is 1. The fourth-order valence-electron chi connectivity index (χ4n) is 2.70. The highest BCUT2D eigenvalue weighted by atomic mass is 15.4. The van der Waals surface area contributed by atoms with Crippen molar-refractivity contribution in [1.29, 1.82) is 0 Å². The van der Waals surface area contributed by atoms with Crippen LogP contribution in [0.5, 0.6) is 0 Å². The molecule has 0 saturated heterocycles. The summed E-state index contributed by atoms with van der Waals surface area (Å²) in [6.07, 6.45) is 10.8. The highest BCUT2D eigenvalue weighted by Crippen LogP contribution is 2.26. The molecule has 0 aliphatic rings. The lowest BCUT2D eigenvalue weighted by Gasteiger charge is -2.19. The quantitative estimate of drug-likeness (QED) is 0.335. The second-order valence-electron chi connectivity index (χ2n) is 5.82. The summed E-state index contributed by atoms with van der Waals surface area (Å²) in [4.78, 5) is 17.1. The van der Waals surface area contributed by atoms with Crippen LogP contribution in [0.1, 0.15) is 5.56 Å². The van der Waals surface area contributed by atoms with Crippen LogP contribution in [0.25, 0.3) is 16.9 Å². The number of aromatic nitrogens is 6. The van der Waals surface area contributed by atoms with Gasteiger partial charge >= 0.3 is 0 Å². The van der Waals surface area contributed by atoms with Crippen LogP contribution in [-0.4, -0.2) is 35.9 Å². The van der Waals surface area contributed by atoms with E-state index in [9.17, 15) is 0 Å². The van der Waals surface area contributed by atoms with Crippen LogP contribution >= 0.6 is 0 Å². The highest BCUT2D eigenvalue weighted by molar-refractivity contribution is 5.66. The zero-order chi connectivity index (χ0) is 18.1. The van der Waals surface area contributed by atoms with Crippen LogP contribution < -0.4 is 10.9 Å². The van der Waals surface area contributed by atoms with Crippen molar-refractivity contribution in [1.82, 2.24) is 29.1 Å². The van der Waals surface area contributed by atoms with Crippen LogP contribution in [0.3, 0.4) is 0 Å². The van der Waals surface area contributed by atoms with Crippen LogP contribution in [0.15, 0.2) is 54.3 Å². The van der Waals surface area contributed by atoms with Crippen molar-refractivity contribution in [3.63, 3.8) is 0 Å². The molecule has 4 aromatic heterocycles. The molecule has 0 bridgehead atoms. The van der Waals surface area contributed by atoms with Crippen LogP contribution in [-0.2, 0) is 13.6 Å². The maximum Gasteiger partial charge on any atom is 0.196 e. The number of rotatable bonds is 5. The van der Waals surface area contributed by atoms with E-state index in [1.807, 2.05) is 42.2 Å². The molecular weight excluding hydrogens is 330 g/mol. The smallest absolute Gasteiger partial charge is 0.196 e.